The number of hydrogen-bond acceptors (Lipinski definition) is 4. The van der Waals surface area contributed by atoms with E-state index < -0.39 is 17.7 Å². The molecular weight excluding hydrogens is 375 g/mol. The molecule has 1 aromatic carbocycles. The molecule has 0 aliphatic rings. The number of aryl methyl sites for hydroxylation is 4. The van der Waals surface area contributed by atoms with Crippen molar-refractivity contribution in [3.8, 4) is 11.3 Å². The minimum Gasteiger partial charge on any atom is -0.481 e. The van der Waals surface area contributed by atoms with Gasteiger partial charge in [0.05, 0.1) is 11.3 Å². The summed E-state index contributed by atoms with van der Waals surface area (Å²) in [5.74, 6) is 0.917. The molecule has 0 radical (unpaired) electrons. The maximum absolute atomic E-state index is 12.7. The zero-order chi connectivity index (χ0) is 20.5. The summed E-state index contributed by atoms with van der Waals surface area (Å²) >= 11 is 0. The first-order chi connectivity index (χ1) is 13.1. The van der Waals surface area contributed by atoms with Crippen LogP contribution in [-0.4, -0.2) is 16.1 Å². The number of rotatable bonds is 6. The Morgan fingerprint density at radius 1 is 1.11 bits per heavy atom. The highest BCUT2D eigenvalue weighted by Gasteiger charge is 2.30. The highest BCUT2D eigenvalue weighted by molar-refractivity contribution is 5.69. The Hall–Kier alpha value is -3.03. The van der Waals surface area contributed by atoms with Gasteiger partial charge in [0.2, 0.25) is 0 Å². The number of aliphatic carboxylic acids is 1. The lowest BCUT2D eigenvalue weighted by Crippen LogP contribution is -2.03. The lowest BCUT2D eigenvalue weighted by atomic mass is 10.1. The van der Waals surface area contributed by atoms with Crippen LogP contribution in [0.1, 0.15) is 34.2 Å². The van der Waals surface area contributed by atoms with Crippen LogP contribution in [0.2, 0.25) is 0 Å². The first kappa shape index (κ1) is 19.7. The molecule has 8 heteroatoms. The second-order valence-electron chi connectivity index (χ2n) is 6.45. The van der Waals surface area contributed by atoms with Crippen LogP contribution in [0.5, 0.6) is 0 Å². The second-order valence-corrected chi connectivity index (χ2v) is 6.45. The number of carboxylic acids is 1. The van der Waals surface area contributed by atoms with E-state index in [9.17, 15) is 18.0 Å². The summed E-state index contributed by atoms with van der Waals surface area (Å²) in [5.41, 5.74) is 1.27. The maximum atomic E-state index is 12.7. The molecule has 3 aromatic rings. The number of nitrogens with zero attached hydrogens (tertiary/aromatic N) is 1. The SMILES string of the molecule is Cc1nc(CCc2cc(-c3ccc(C(F)(F)F)cc3)oc2C)oc1CC(=O)O. The van der Waals surface area contributed by atoms with Crippen LogP contribution in [0.15, 0.2) is 39.2 Å². The Bertz CT molecular complexity index is 984. The van der Waals surface area contributed by atoms with Crippen molar-refractivity contribution in [3.63, 3.8) is 0 Å². The summed E-state index contributed by atoms with van der Waals surface area (Å²) in [5, 5.41) is 8.86. The lowest BCUT2D eigenvalue weighted by molar-refractivity contribution is -0.138. The molecule has 2 heterocycles. The van der Waals surface area contributed by atoms with Crippen molar-refractivity contribution in [2.75, 3.05) is 0 Å². The smallest absolute Gasteiger partial charge is 0.416 e. The number of halogens is 3. The van der Waals surface area contributed by atoms with E-state index in [-0.39, 0.29) is 6.42 Å². The van der Waals surface area contributed by atoms with Gasteiger partial charge in [0.15, 0.2) is 5.89 Å². The molecule has 2 aromatic heterocycles. The molecule has 0 saturated heterocycles. The maximum Gasteiger partial charge on any atom is 0.416 e. The van der Waals surface area contributed by atoms with Gasteiger partial charge in [-0.25, -0.2) is 4.98 Å². The van der Waals surface area contributed by atoms with Crippen molar-refractivity contribution in [1.29, 1.82) is 0 Å². The number of benzene rings is 1. The molecule has 3 rings (SSSR count). The van der Waals surface area contributed by atoms with E-state index in [0.717, 1.165) is 17.7 Å². The molecule has 148 valence electrons. The second kappa shape index (κ2) is 7.53. The standard InChI is InChI=1S/C20H18F3NO4/c1-11-16(10-19(25)26)28-18(24-11)8-5-14-9-17(27-12(14)2)13-3-6-15(7-4-13)20(21,22)23/h3-4,6-7,9H,5,8,10H2,1-2H3,(H,25,26). The third kappa shape index (κ3) is 4.44. The number of carbonyl (C=O) groups is 1. The van der Waals surface area contributed by atoms with Gasteiger partial charge in [-0.2, -0.15) is 13.2 Å². The number of hydrogen-bond donors (Lipinski definition) is 1. The fourth-order valence-electron chi connectivity index (χ4n) is 2.87. The van der Waals surface area contributed by atoms with E-state index in [1.54, 1.807) is 19.9 Å². The fourth-order valence-corrected chi connectivity index (χ4v) is 2.87. The summed E-state index contributed by atoms with van der Waals surface area (Å²) in [6.07, 6.45) is -3.60. The zero-order valence-electron chi connectivity index (χ0n) is 15.3. The van der Waals surface area contributed by atoms with Gasteiger partial charge in [0.1, 0.15) is 23.7 Å². The molecule has 0 aliphatic heterocycles. The monoisotopic (exact) mass is 393 g/mol. The molecule has 5 nitrogen and oxygen atoms in total. The van der Waals surface area contributed by atoms with Crippen molar-refractivity contribution in [3.05, 3.63) is 64.6 Å². The van der Waals surface area contributed by atoms with E-state index in [4.69, 9.17) is 13.9 Å². The molecule has 28 heavy (non-hydrogen) atoms. The summed E-state index contributed by atoms with van der Waals surface area (Å²) in [7, 11) is 0. The van der Waals surface area contributed by atoms with Gasteiger partial charge in [0, 0.05) is 12.0 Å². The van der Waals surface area contributed by atoms with Gasteiger partial charge in [-0.15, -0.1) is 0 Å². The zero-order valence-corrected chi connectivity index (χ0v) is 15.3. The Morgan fingerprint density at radius 2 is 1.79 bits per heavy atom. The number of oxazole rings is 1. The molecule has 0 atom stereocenters. The quantitative estimate of drug-likeness (QED) is 0.639. The molecular formula is C20H18F3NO4. The molecule has 0 fully saturated rings. The third-order valence-corrected chi connectivity index (χ3v) is 4.37. The third-order valence-electron chi connectivity index (χ3n) is 4.37. The van der Waals surface area contributed by atoms with Gasteiger partial charge in [0.25, 0.3) is 0 Å². The van der Waals surface area contributed by atoms with Gasteiger partial charge in [-0.3, -0.25) is 4.79 Å². The van der Waals surface area contributed by atoms with Crippen molar-refractivity contribution in [2.24, 2.45) is 0 Å². The average Bonchev–Trinajstić information content (AvgIpc) is 3.14. The molecule has 0 spiro atoms. The molecule has 0 unspecified atom stereocenters. The topological polar surface area (TPSA) is 76.5 Å². The van der Waals surface area contributed by atoms with Gasteiger partial charge >= 0.3 is 12.1 Å². The molecule has 0 amide bonds. The van der Waals surface area contributed by atoms with Crippen molar-refractivity contribution in [1.82, 2.24) is 4.98 Å². The highest BCUT2D eigenvalue weighted by atomic mass is 19.4. The largest absolute Gasteiger partial charge is 0.481 e. The van der Waals surface area contributed by atoms with Crippen LogP contribution in [0.25, 0.3) is 11.3 Å². The Labute approximate surface area is 158 Å². The van der Waals surface area contributed by atoms with E-state index in [0.29, 0.717) is 47.3 Å². The normalized spacial score (nSPS) is 11.8. The van der Waals surface area contributed by atoms with Crippen molar-refractivity contribution >= 4 is 5.97 Å². The Kier molecular flexibility index (Phi) is 5.31. The number of furan rings is 1. The van der Waals surface area contributed by atoms with Gasteiger partial charge in [-0.05, 0) is 44.0 Å². The van der Waals surface area contributed by atoms with E-state index in [1.165, 1.54) is 12.1 Å². The van der Waals surface area contributed by atoms with Gasteiger partial charge in [-0.1, -0.05) is 12.1 Å². The van der Waals surface area contributed by atoms with Crippen LogP contribution in [0.3, 0.4) is 0 Å². The van der Waals surface area contributed by atoms with E-state index in [2.05, 4.69) is 4.98 Å². The Morgan fingerprint density at radius 3 is 2.39 bits per heavy atom. The molecule has 0 saturated carbocycles. The van der Waals surface area contributed by atoms with Crippen LogP contribution in [-0.2, 0) is 30.2 Å². The van der Waals surface area contributed by atoms with Crippen molar-refractivity contribution in [2.45, 2.75) is 39.3 Å². The van der Waals surface area contributed by atoms with E-state index >= 15 is 0 Å². The van der Waals surface area contributed by atoms with Crippen LogP contribution in [0, 0.1) is 13.8 Å². The van der Waals surface area contributed by atoms with Crippen LogP contribution in [0.4, 0.5) is 13.2 Å². The Balaban J connectivity index is 1.72. The number of aromatic nitrogens is 1. The summed E-state index contributed by atoms with van der Waals surface area (Å²) < 4.78 is 49.2. The number of alkyl halides is 3. The molecule has 0 bridgehead atoms. The molecule has 0 aliphatic carbocycles. The van der Waals surface area contributed by atoms with E-state index in [1.807, 2.05) is 0 Å². The average molecular weight is 393 g/mol. The first-order valence-electron chi connectivity index (χ1n) is 8.57. The predicted molar refractivity (Wildman–Crippen MR) is 93.9 cm³/mol. The number of carboxylic acid groups (broad SMARTS) is 1. The summed E-state index contributed by atoms with van der Waals surface area (Å²) in [6.45, 7) is 3.47. The fraction of sp³-hybridized carbons (Fsp3) is 0.300. The predicted octanol–water partition coefficient (Wildman–Crippen LogP) is 4.98. The van der Waals surface area contributed by atoms with Crippen molar-refractivity contribution < 1.29 is 31.9 Å². The first-order valence-corrected chi connectivity index (χ1v) is 8.57. The van der Waals surface area contributed by atoms with Crippen LogP contribution < -0.4 is 0 Å². The summed E-state index contributed by atoms with van der Waals surface area (Å²) in [4.78, 5) is 15.0. The minimum absolute atomic E-state index is 0.221. The van der Waals surface area contributed by atoms with Gasteiger partial charge < -0.3 is 13.9 Å². The lowest BCUT2D eigenvalue weighted by Gasteiger charge is -2.06. The minimum atomic E-state index is -4.38. The summed E-state index contributed by atoms with van der Waals surface area (Å²) in [6, 6.07) is 6.58. The molecule has 1 N–H and O–H groups in total. The van der Waals surface area contributed by atoms with Crippen LogP contribution >= 0.6 is 0 Å². The highest BCUT2D eigenvalue weighted by Crippen LogP contribution is 2.32.